The van der Waals surface area contributed by atoms with Crippen molar-refractivity contribution < 1.29 is 33.2 Å². The lowest BCUT2D eigenvalue weighted by atomic mass is 9.97. The summed E-state index contributed by atoms with van der Waals surface area (Å²) in [5.41, 5.74) is 2.93. The minimum absolute atomic E-state index is 0.261. The van der Waals surface area contributed by atoms with Crippen LogP contribution >= 0.6 is 0 Å². The Morgan fingerprint density at radius 1 is 0.639 bits per heavy atom. The summed E-state index contributed by atoms with van der Waals surface area (Å²) in [6, 6.07) is 29.3. The largest absolute Gasteiger partial charge is 0.467 e. The van der Waals surface area contributed by atoms with Crippen LogP contribution in [-0.2, 0) is 53.0 Å². The van der Waals surface area contributed by atoms with Gasteiger partial charge in [0.2, 0.25) is 0 Å². The number of carbonyl (C=O) groups is 1. The maximum Gasteiger partial charge on any atom is 0.337 e. The molecule has 0 unspecified atom stereocenters. The number of carbonyl (C=O) groups excluding carboxylic acids is 1. The predicted octanol–water partition coefficient (Wildman–Crippen LogP) is 4.29. The smallest absolute Gasteiger partial charge is 0.337 e. The van der Waals surface area contributed by atoms with Crippen LogP contribution in [-0.4, -0.2) is 50.9 Å². The number of ether oxygens (including phenoxy) is 6. The molecule has 36 heavy (non-hydrogen) atoms. The molecule has 1 aliphatic rings. The van der Waals surface area contributed by atoms with Crippen LogP contribution in [0.1, 0.15) is 16.7 Å². The number of hydrogen-bond donors (Lipinski definition) is 0. The Bertz CT molecular complexity index is 1040. The third-order valence-electron chi connectivity index (χ3n) is 6.02. The summed E-state index contributed by atoms with van der Waals surface area (Å²) in [5, 5.41) is 0. The van der Waals surface area contributed by atoms with Crippen molar-refractivity contribution in [2.45, 2.75) is 50.5 Å². The van der Waals surface area contributed by atoms with Crippen molar-refractivity contribution in [3.8, 4) is 0 Å². The summed E-state index contributed by atoms with van der Waals surface area (Å²) in [6.45, 7) is 0.872. The van der Waals surface area contributed by atoms with Crippen LogP contribution in [0, 0.1) is 0 Å². The van der Waals surface area contributed by atoms with Gasteiger partial charge in [-0.2, -0.15) is 0 Å². The van der Waals surface area contributed by atoms with E-state index in [1.54, 1.807) is 0 Å². The molecule has 1 fully saturated rings. The van der Waals surface area contributed by atoms with Crippen molar-refractivity contribution >= 4 is 5.97 Å². The SMILES string of the molecule is COC(=O)[C@@H]1O[C@@H](OC)[C@H](OCc2ccccc2)[C@@H](OCc2ccccc2)[C@@H]1OCc1ccccc1. The van der Waals surface area contributed by atoms with Crippen LogP contribution in [0.15, 0.2) is 91.0 Å². The number of esters is 1. The first kappa shape index (κ1) is 26.0. The minimum Gasteiger partial charge on any atom is -0.467 e. The number of benzene rings is 3. The van der Waals surface area contributed by atoms with E-state index in [1.165, 1.54) is 14.2 Å². The van der Waals surface area contributed by atoms with Gasteiger partial charge in [0.05, 0.1) is 26.9 Å². The second kappa shape index (κ2) is 13.3. The number of hydrogen-bond acceptors (Lipinski definition) is 7. The first-order valence-electron chi connectivity index (χ1n) is 11.9. The molecule has 1 aliphatic heterocycles. The molecule has 0 bridgehead atoms. The molecule has 0 N–H and O–H groups in total. The van der Waals surface area contributed by atoms with Crippen molar-refractivity contribution in [3.63, 3.8) is 0 Å². The van der Waals surface area contributed by atoms with Crippen molar-refractivity contribution in [2.24, 2.45) is 0 Å². The van der Waals surface area contributed by atoms with E-state index in [0.717, 1.165) is 16.7 Å². The van der Waals surface area contributed by atoms with Crippen LogP contribution in [0.5, 0.6) is 0 Å². The van der Waals surface area contributed by atoms with Gasteiger partial charge < -0.3 is 28.4 Å². The Labute approximate surface area is 211 Å². The van der Waals surface area contributed by atoms with Crippen molar-refractivity contribution in [1.82, 2.24) is 0 Å². The summed E-state index contributed by atoms with van der Waals surface area (Å²) < 4.78 is 35.7. The molecule has 0 radical (unpaired) electrons. The van der Waals surface area contributed by atoms with E-state index in [-0.39, 0.29) is 6.61 Å². The molecule has 1 saturated heterocycles. The second-order valence-electron chi connectivity index (χ2n) is 8.47. The number of rotatable bonds is 11. The van der Waals surface area contributed by atoms with Gasteiger partial charge in [-0.3, -0.25) is 0 Å². The third-order valence-corrected chi connectivity index (χ3v) is 6.02. The van der Waals surface area contributed by atoms with Gasteiger partial charge >= 0.3 is 5.97 Å². The highest BCUT2D eigenvalue weighted by Gasteiger charge is 2.51. The fourth-order valence-corrected chi connectivity index (χ4v) is 4.15. The molecular weight excluding hydrogens is 460 g/mol. The van der Waals surface area contributed by atoms with E-state index >= 15 is 0 Å². The molecule has 5 atom stereocenters. The van der Waals surface area contributed by atoms with Crippen LogP contribution in [0.3, 0.4) is 0 Å². The molecular formula is C29H32O7. The first-order chi connectivity index (χ1) is 17.7. The molecule has 3 aromatic rings. The first-order valence-corrected chi connectivity index (χ1v) is 11.9. The van der Waals surface area contributed by atoms with Crippen LogP contribution < -0.4 is 0 Å². The summed E-state index contributed by atoms with van der Waals surface area (Å²) in [6.07, 6.45) is -4.06. The van der Waals surface area contributed by atoms with Gasteiger partial charge in [-0.15, -0.1) is 0 Å². The molecule has 4 rings (SSSR count). The van der Waals surface area contributed by atoms with Gasteiger partial charge in [-0.05, 0) is 16.7 Å². The summed E-state index contributed by atoms with van der Waals surface area (Å²) in [7, 11) is 2.83. The molecule has 3 aromatic carbocycles. The van der Waals surface area contributed by atoms with Crippen LogP contribution in [0.2, 0.25) is 0 Å². The standard InChI is InChI=1S/C29H32O7/c1-31-28(30)26-24(33-18-21-12-6-3-7-13-21)25(34-19-22-14-8-4-9-15-22)27(29(32-2)36-26)35-20-23-16-10-5-11-17-23/h3-17,24-27,29H,18-20H2,1-2H3/t24-,25-,26+,27+,29+/m0/s1. The van der Waals surface area contributed by atoms with E-state index in [4.69, 9.17) is 28.4 Å². The zero-order chi connectivity index (χ0) is 25.2. The Morgan fingerprint density at radius 3 is 1.47 bits per heavy atom. The topological polar surface area (TPSA) is 72.5 Å². The lowest BCUT2D eigenvalue weighted by Gasteiger charge is -2.44. The highest BCUT2D eigenvalue weighted by Crippen LogP contribution is 2.31. The van der Waals surface area contributed by atoms with E-state index in [1.807, 2.05) is 91.0 Å². The molecule has 0 amide bonds. The van der Waals surface area contributed by atoms with Crippen LogP contribution in [0.25, 0.3) is 0 Å². The lowest BCUT2D eigenvalue weighted by molar-refractivity contribution is -0.314. The normalized spacial score (nSPS) is 23.8. The maximum atomic E-state index is 12.8. The molecule has 190 valence electrons. The van der Waals surface area contributed by atoms with Gasteiger partial charge in [0.15, 0.2) is 12.4 Å². The summed E-state index contributed by atoms with van der Waals surface area (Å²) in [5.74, 6) is -0.565. The Kier molecular flexibility index (Phi) is 9.61. The molecule has 7 nitrogen and oxygen atoms in total. The summed E-state index contributed by atoms with van der Waals surface area (Å²) in [4.78, 5) is 12.8. The average Bonchev–Trinajstić information content (AvgIpc) is 2.94. The fraction of sp³-hybridized carbons (Fsp3) is 0.345. The highest BCUT2D eigenvalue weighted by atomic mass is 16.7. The molecule has 0 spiro atoms. The molecule has 0 saturated carbocycles. The van der Waals surface area contributed by atoms with E-state index in [2.05, 4.69) is 0 Å². The fourth-order valence-electron chi connectivity index (χ4n) is 4.15. The number of methoxy groups -OCH3 is 2. The monoisotopic (exact) mass is 492 g/mol. The van der Waals surface area contributed by atoms with Gasteiger partial charge in [0.1, 0.15) is 18.3 Å². The zero-order valence-electron chi connectivity index (χ0n) is 20.5. The molecule has 7 heteroatoms. The second-order valence-corrected chi connectivity index (χ2v) is 8.47. The van der Waals surface area contributed by atoms with E-state index in [9.17, 15) is 4.79 Å². The van der Waals surface area contributed by atoms with Gasteiger partial charge in [0, 0.05) is 7.11 Å². The minimum atomic E-state index is -1.05. The quantitative estimate of drug-likeness (QED) is 0.370. The van der Waals surface area contributed by atoms with Crippen molar-refractivity contribution in [2.75, 3.05) is 14.2 Å². The average molecular weight is 493 g/mol. The van der Waals surface area contributed by atoms with Crippen LogP contribution in [0.4, 0.5) is 0 Å². The van der Waals surface area contributed by atoms with E-state index < -0.39 is 36.7 Å². The molecule has 0 aromatic heterocycles. The molecule has 0 aliphatic carbocycles. The van der Waals surface area contributed by atoms with Gasteiger partial charge in [0.25, 0.3) is 0 Å². The summed E-state index contributed by atoms with van der Waals surface area (Å²) >= 11 is 0. The Balaban J connectivity index is 1.61. The van der Waals surface area contributed by atoms with Gasteiger partial charge in [-0.1, -0.05) is 91.0 Å². The van der Waals surface area contributed by atoms with Crippen molar-refractivity contribution in [1.29, 1.82) is 0 Å². The highest BCUT2D eigenvalue weighted by molar-refractivity contribution is 5.75. The van der Waals surface area contributed by atoms with Gasteiger partial charge in [-0.25, -0.2) is 4.79 Å². The Hall–Kier alpha value is -3.07. The Morgan fingerprint density at radius 2 is 1.06 bits per heavy atom. The maximum absolute atomic E-state index is 12.8. The zero-order valence-corrected chi connectivity index (χ0v) is 20.5. The predicted molar refractivity (Wildman–Crippen MR) is 133 cm³/mol. The lowest BCUT2D eigenvalue weighted by Crippen LogP contribution is -2.62. The van der Waals surface area contributed by atoms with Crippen molar-refractivity contribution in [3.05, 3.63) is 108 Å². The molecule has 1 heterocycles. The third kappa shape index (κ3) is 6.78. The van der Waals surface area contributed by atoms with E-state index in [0.29, 0.717) is 13.2 Å².